The van der Waals surface area contributed by atoms with Crippen LogP contribution >= 0.6 is 11.3 Å². The molecule has 0 aromatic carbocycles. The molecule has 1 rings (SSSR count). The quantitative estimate of drug-likeness (QED) is 0.784. The normalized spacial score (nSPS) is 15.7. The third-order valence-corrected chi connectivity index (χ3v) is 3.44. The van der Waals surface area contributed by atoms with Gasteiger partial charge in [0.15, 0.2) is 0 Å². The zero-order valence-electron chi connectivity index (χ0n) is 8.58. The van der Waals surface area contributed by atoms with E-state index < -0.39 is 0 Å². The second-order valence-corrected chi connectivity index (χ2v) is 4.82. The number of aliphatic hydroxyl groups excluding tert-OH is 1. The molecule has 74 valence electrons. The van der Waals surface area contributed by atoms with Crippen molar-refractivity contribution in [2.24, 2.45) is 5.92 Å². The van der Waals surface area contributed by atoms with Crippen LogP contribution in [0.2, 0.25) is 0 Å². The van der Waals surface area contributed by atoms with Crippen LogP contribution in [-0.4, -0.2) is 5.11 Å². The first-order valence-corrected chi connectivity index (χ1v) is 5.75. The summed E-state index contributed by atoms with van der Waals surface area (Å²) >= 11 is 1.71. The van der Waals surface area contributed by atoms with E-state index in [0.717, 1.165) is 18.4 Å². The standard InChI is InChI=1S/C11H18OS/c1-4-8(2)7-11(12)10-5-6-13-9(10)3/h5-6,8,11-12H,4,7H2,1-3H3. The molecular formula is C11H18OS. The maximum Gasteiger partial charge on any atom is 0.0803 e. The number of aliphatic hydroxyl groups is 1. The number of hydrogen-bond donors (Lipinski definition) is 1. The molecule has 1 N–H and O–H groups in total. The summed E-state index contributed by atoms with van der Waals surface area (Å²) in [6.45, 7) is 6.42. The molecular weight excluding hydrogens is 180 g/mol. The molecule has 0 spiro atoms. The van der Waals surface area contributed by atoms with Gasteiger partial charge >= 0.3 is 0 Å². The zero-order chi connectivity index (χ0) is 9.84. The average molecular weight is 198 g/mol. The van der Waals surface area contributed by atoms with E-state index in [-0.39, 0.29) is 6.10 Å². The first kappa shape index (κ1) is 10.7. The van der Waals surface area contributed by atoms with E-state index in [2.05, 4.69) is 20.8 Å². The summed E-state index contributed by atoms with van der Waals surface area (Å²) in [6.07, 6.45) is 1.76. The summed E-state index contributed by atoms with van der Waals surface area (Å²) < 4.78 is 0. The Morgan fingerprint density at radius 2 is 2.23 bits per heavy atom. The lowest BCUT2D eigenvalue weighted by Crippen LogP contribution is -2.03. The molecule has 0 aliphatic carbocycles. The smallest absolute Gasteiger partial charge is 0.0803 e. The summed E-state index contributed by atoms with van der Waals surface area (Å²) in [5.74, 6) is 0.606. The highest BCUT2D eigenvalue weighted by atomic mass is 32.1. The van der Waals surface area contributed by atoms with E-state index in [9.17, 15) is 5.11 Å². The van der Waals surface area contributed by atoms with Gasteiger partial charge in [0.2, 0.25) is 0 Å². The number of aryl methyl sites for hydroxylation is 1. The van der Waals surface area contributed by atoms with E-state index in [1.54, 1.807) is 11.3 Å². The van der Waals surface area contributed by atoms with Crippen molar-refractivity contribution in [2.45, 2.75) is 39.7 Å². The van der Waals surface area contributed by atoms with Crippen molar-refractivity contribution in [3.63, 3.8) is 0 Å². The van der Waals surface area contributed by atoms with Crippen LogP contribution in [0.5, 0.6) is 0 Å². The lowest BCUT2D eigenvalue weighted by Gasteiger charge is -2.14. The van der Waals surface area contributed by atoms with Crippen LogP contribution in [0.25, 0.3) is 0 Å². The topological polar surface area (TPSA) is 20.2 Å². The van der Waals surface area contributed by atoms with Crippen molar-refractivity contribution >= 4 is 11.3 Å². The first-order valence-electron chi connectivity index (χ1n) is 4.87. The van der Waals surface area contributed by atoms with Gasteiger partial charge in [0.05, 0.1) is 6.10 Å². The third kappa shape index (κ3) is 2.82. The number of thiophene rings is 1. The molecule has 2 unspecified atom stereocenters. The molecule has 0 saturated heterocycles. The van der Waals surface area contributed by atoms with Crippen LogP contribution in [-0.2, 0) is 0 Å². The molecule has 1 aromatic heterocycles. The molecule has 0 amide bonds. The zero-order valence-corrected chi connectivity index (χ0v) is 9.40. The Balaban J connectivity index is 2.58. The van der Waals surface area contributed by atoms with Crippen LogP contribution in [0.3, 0.4) is 0 Å². The van der Waals surface area contributed by atoms with Crippen LogP contribution < -0.4 is 0 Å². The van der Waals surface area contributed by atoms with Crippen molar-refractivity contribution in [3.8, 4) is 0 Å². The Kier molecular flexibility index (Phi) is 3.94. The van der Waals surface area contributed by atoms with Gasteiger partial charge in [-0.05, 0) is 36.3 Å². The van der Waals surface area contributed by atoms with Crippen LogP contribution in [0.4, 0.5) is 0 Å². The van der Waals surface area contributed by atoms with Gasteiger partial charge in [-0.15, -0.1) is 11.3 Å². The number of rotatable bonds is 4. The molecule has 2 atom stereocenters. The van der Waals surface area contributed by atoms with Gasteiger partial charge in [-0.2, -0.15) is 0 Å². The third-order valence-electron chi connectivity index (χ3n) is 2.58. The lowest BCUT2D eigenvalue weighted by molar-refractivity contribution is 0.146. The molecule has 0 fully saturated rings. The Morgan fingerprint density at radius 3 is 2.69 bits per heavy atom. The molecule has 0 radical (unpaired) electrons. The van der Waals surface area contributed by atoms with Crippen LogP contribution in [0.15, 0.2) is 11.4 Å². The molecule has 0 saturated carbocycles. The second kappa shape index (κ2) is 4.77. The predicted octanol–water partition coefficient (Wildman–Crippen LogP) is 3.53. The highest BCUT2D eigenvalue weighted by Crippen LogP contribution is 2.27. The van der Waals surface area contributed by atoms with Crippen LogP contribution in [0.1, 0.15) is 43.2 Å². The van der Waals surface area contributed by atoms with Gasteiger partial charge < -0.3 is 5.11 Å². The molecule has 0 aliphatic heterocycles. The van der Waals surface area contributed by atoms with Gasteiger partial charge in [0.1, 0.15) is 0 Å². The summed E-state index contributed by atoms with van der Waals surface area (Å²) in [5.41, 5.74) is 1.12. The number of hydrogen-bond acceptors (Lipinski definition) is 2. The molecule has 1 heterocycles. The fourth-order valence-corrected chi connectivity index (χ4v) is 2.17. The molecule has 1 nitrogen and oxygen atoms in total. The second-order valence-electron chi connectivity index (χ2n) is 3.70. The van der Waals surface area contributed by atoms with Gasteiger partial charge in [0, 0.05) is 4.88 Å². The van der Waals surface area contributed by atoms with Gasteiger partial charge in [-0.3, -0.25) is 0 Å². The van der Waals surface area contributed by atoms with Gasteiger partial charge in [0.25, 0.3) is 0 Å². The Morgan fingerprint density at radius 1 is 1.54 bits per heavy atom. The van der Waals surface area contributed by atoms with Crippen molar-refractivity contribution in [3.05, 3.63) is 21.9 Å². The fraction of sp³-hybridized carbons (Fsp3) is 0.636. The molecule has 13 heavy (non-hydrogen) atoms. The molecule has 0 aliphatic rings. The summed E-state index contributed by atoms with van der Waals surface area (Å²) in [5, 5.41) is 11.9. The van der Waals surface area contributed by atoms with Crippen molar-refractivity contribution in [1.82, 2.24) is 0 Å². The Bertz CT molecular complexity index is 254. The summed E-state index contributed by atoms with van der Waals surface area (Å²) in [4.78, 5) is 1.25. The lowest BCUT2D eigenvalue weighted by atomic mass is 9.97. The average Bonchev–Trinajstić information content (AvgIpc) is 2.51. The maximum atomic E-state index is 9.90. The van der Waals surface area contributed by atoms with Crippen LogP contribution in [0, 0.1) is 12.8 Å². The monoisotopic (exact) mass is 198 g/mol. The van der Waals surface area contributed by atoms with Gasteiger partial charge in [-0.25, -0.2) is 0 Å². The van der Waals surface area contributed by atoms with Crippen molar-refractivity contribution in [2.75, 3.05) is 0 Å². The van der Waals surface area contributed by atoms with E-state index in [1.807, 2.05) is 11.4 Å². The minimum absolute atomic E-state index is 0.263. The fourth-order valence-electron chi connectivity index (χ4n) is 1.42. The minimum atomic E-state index is -0.263. The Hall–Kier alpha value is -0.340. The minimum Gasteiger partial charge on any atom is -0.388 e. The van der Waals surface area contributed by atoms with Gasteiger partial charge in [-0.1, -0.05) is 20.3 Å². The summed E-state index contributed by atoms with van der Waals surface area (Å²) in [6, 6.07) is 2.03. The molecule has 2 heteroatoms. The summed E-state index contributed by atoms with van der Waals surface area (Å²) in [7, 11) is 0. The highest BCUT2D eigenvalue weighted by Gasteiger charge is 2.13. The molecule has 0 bridgehead atoms. The largest absolute Gasteiger partial charge is 0.388 e. The highest BCUT2D eigenvalue weighted by molar-refractivity contribution is 7.10. The van der Waals surface area contributed by atoms with E-state index in [4.69, 9.17) is 0 Å². The first-order chi connectivity index (χ1) is 6.15. The van der Waals surface area contributed by atoms with Crippen molar-refractivity contribution in [1.29, 1.82) is 0 Å². The van der Waals surface area contributed by atoms with E-state index in [0.29, 0.717) is 5.92 Å². The maximum absolute atomic E-state index is 9.90. The SMILES string of the molecule is CCC(C)CC(O)c1ccsc1C. The predicted molar refractivity (Wildman–Crippen MR) is 58.1 cm³/mol. The van der Waals surface area contributed by atoms with E-state index >= 15 is 0 Å². The van der Waals surface area contributed by atoms with E-state index in [1.165, 1.54) is 4.88 Å². The van der Waals surface area contributed by atoms with Crippen molar-refractivity contribution < 1.29 is 5.11 Å². The Labute approximate surface area is 84.4 Å². The molecule has 1 aromatic rings.